The number of benzene rings is 1. The van der Waals surface area contributed by atoms with Gasteiger partial charge in [0, 0.05) is 19.0 Å². The Morgan fingerprint density at radius 3 is 2.59 bits per heavy atom. The molecule has 1 aromatic rings. The van der Waals surface area contributed by atoms with Crippen LogP contribution in [-0.2, 0) is 20.8 Å². The van der Waals surface area contributed by atoms with Gasteiger partial charge < -0.3 is 10.0 Å². The third-order valence-corrected chi connectivity index (χ3v) is 4.50. The van der Waals surface area contributed by atoms with Gasteiger partial charge in [-0.3, -0.25) is 9.63 Å². The van der Waals surface area contributed by atoms with Crippen LogP contribution in [0.15, 0.2) is 43.0 Å². The molecule has 2 atom stereocenters. The predicted octanol–water partition coefficient (Wildman–Crippen LogP) is 2.31. The number of piperidine rings is 1. The van der Waals surface area contributed by atoms with Crippen LogP contribution in [0.1, 0.15) is 18.4 Å². The Morgan fingerprint density at radius 1 is 1.37 bits per heavy atom. The molecule has 1 saturated heterocycles. The van der Waals surface area contributed by atoms with E-state index in [9.17, 15) is 27.9 Å². The molecular weight excluding hydrogens is 365 g/mol. The smallest absolute Gasteiger partial charge is 0.471 e. The van der Waals surface area contributed by atoms with Crippen LogP contribution in [0, 0.1) is 0 Å². The second-order valence-corrected chi connectivity index (χ2v) is 6.37. The Hall–Kier alpha value is -2.39. The van der Waals surface area contributed by atoms with Crippen molar-refractivity contribution in [2.24, 2.45) is 0 Å². The lowest BCUT2D eigenvalue weighted by Crippen LogP contribution is -2.67. The van der Waals surface area contributed by atoms with Crippen LogP contribution in [0.5, 0.6) is 0 Å². The van der Waals surface area contributed by atoms with Gasteiger partial charge in [0.15, 0.2) is 0 Å². The second-order valence-electron chi connectivity index (χ2n) is 6.37. The van der Waals surface area contributed by atoms with Gasteiger partial charge in [0.2, 0.25) is 0 Å². The monoisotopic (exact) mass is 386 g/mol. The summed E-state index contributed by atoms with van der Waals surface area (Å²) in [5.74, 6) is -3.63. The summed E-state index contributed by atoms with van der Waals surface area (Å²) in [5, 5.41) is 9.81. The average Bonchev–Trinajstić information content (AvgIpc) is 2.62. The number of carboxylic acids is 1. The Labute approximate surface area is 154 Å². The van der Waals surface area contributed by atoms with Crippen LogP contribution in [0.4, 0.5) is 13.2 Å². The third-order valence-electron chi connectivity index (χ3n) is 4.50. The average molecular weight is 386 g/mol. The van der Waals surface area contributed by atoms with Crippen molar-refractivity contribution in [2.45, 2.75) is 37.0 Å². The number of carbonyl (C=O) groups is 2. The van der Waals surface area contributed by atoms with Crippen LogP contribution in [0.25, 0.3) is 0 Å². The number of carboxylic acid groups (broad SMARTS) is 1. The van der Waals surface area contributed by atoms with Crippen LogP contribution in [-0.4, -0.2) is 52.8 Å². The summed E-state index contributed by atoms with van der Waals surface area (Å²) < 4.78 is 39.5. The van der Waals surface area contributed by atoms with Crippen LogP contribution in [0.2, 0.25) is 0 Å². The molecule has 9 heteroatoms. The molecule has 2 N–H and O–H groups in total. The first-order valence-electron chi connectivity index (χ1n) is 8.35. The van der Waals surface area contributed by atoms with Crippen molar-refractivity contribution in [2.75, 3.05) is 13.2 Å². The summed E-state index contributed by atoms with van der Waals surface area (Å²) in [4.78, 5) is 29.6. The molecule has 1 heterocycles. The Balaban J connectivity index is 2.35. The van der Waals surface area contributed by atoms with E-state index in [4.69, 9.17) is 4.84 Å². The molecule has 2 unspecified atom stereocenters. The van der Waals surface area contributed by atoms with Gasteiger partial charge in [0.1, 0.15) is 5.54 Å². The van der Waals surface area contributed by atoms with Gasteiger partial charge in [-0.15, -0.1) is 6.58 Å². The van der Waals surface area contributed by atoms with E-state index >= 15 is 0 Å². The van der Waals surface area contributed by atoms with Crippen molar-refractivity contribution in [1.29, 1.82) is 0 Å². The SMILES string of the molecule is C=CCONC1CCC(Cc2ccccc2)(C(=O)O)N(C(=O)C(F)(F)F)C1. The fourth-order valence-corrected chi connectivity index (χ4v) is 3.20. The fourth-order valence-electron chi connectivity index (χ4n) is 3.20. The van der Waals surface area contributed by atoms with Crippen LogP contribution >= 0.6 is 0 Å². The largest absolute Gasteiger partial charge is 0.479 e. The highest BCUT2D eigenvalue weighted by Gasteiger charge is 2.56. The van der Waals surface area contributed by atoms with Gasteiger partial charge in [0.05, 0.1) is 6.61 Å². The van der Waals surface area contributed by atoms with E-state index in [1.807, 2.05) is 0 Å². The highest BCUT2D eigenvalue weighted by atomic mass is 19.4. The van der Waals surface area contributed by atoms with Gasteiger partial charge in [0.25, 0.3) is 0 Å². The normalized spacial score (nSPS) is 23.1. The minimum Gasteiger partial charge on any atom is -0.479 e. The fraction of sp³-hybridized carbons (Fsp3) is 0.444. The molecule has 0 aliphatic carbocycles. The molecule has 0 bridgehead atoms. The van der Waals surface area contributed by atoms with E-state index < -0.39 is 36.2 Å². The molecule has 2 rings (SSSR count). The number of carbonyl (C=O) groups excluding carboxylic acids is 1. The molecule has 6 nitrogen and oxygen atoms in total. The first-order chi connectivity index (χ1) is 12.7. The van der Waals surface area contributed by atoms with E-state index in [1.165, 1.54) is 6.08 Å². The van der Waals surface area contributed by atoms with Crippen molar-refractivity contribution in [3.8, 4) is 0 Å². The highest BCUT2D eigenvalue weighted by Crippen LogP contribution is 2.35. The minimum absolute atomic E-state index is 0.123. The number of hydrogen-bond donors (Lipinski definition) is 2. The van der Waals surface area contributed by atoms with E-state index in [0.29, 0.717) is 10.5 Å². The Kier molecular flexibility index (Phi) is 6.61. The predicted molar refractivity (Wildman–Crippen MR) is 90.6 cm³/mol. The number of halogens is 3. The zero-order valence-electron chi connectivity index (χ0n) is 14.5. The minimum atomic E-state index is -5.18. The summed E-state index contributed by atoms with van der Waals surface area (Å²) in [6, 6.07) is 7.66. The van der Waals surface area contributed by atoms with Gasteiger partial charge in [-0.05, 0) is 18.4 Å². The Morgan fingerprint density at radius 2 is 2.04 bits per heavy atom. The summed E-state index contributed by atoms with van der Waals surface area (Å²) in [6.07, 6.45) is -3.86. The summed E-state index contributed by atoms with van der Waals surface area (Å²) >= 11 is 0. The molecule has 0 saturated carbocycles. The van der Waals surface area contributed by atoms with Gasteiger partial charge in [-0.1, -0.05) is 36.4 Å². The van der Waals surface area contributed by atoms with Crippen molar-refractivity contribution in [1.82, 2.24) is 10.4 Å². The molecule has 0 radical (unpaired) electrons. The number of hydroxylamine groups is 1. The molecule has 1 aliphatic rings. The molecule has 148 valence electrons. The number of alkyl halides is 3. The summed E-state index contributed by atoms with van der Waals surface area (Å²) in [7, 11) is 0. The molecule has 0 aromatic heterocycles. The topological polar surface area (TPSA) is 78.9 Å². The molecule has 1 aromatic carbocycles. The zero-order valence-corrected chi connectivity index (χ0v) is 14.5. The quantitative estimate of drug-likeness (QED) is 0.427. The van der Waals surface area contributed by atoms with E-state index in [-0.39, 0.29) is 25.9 Å². The summed E-state index contributed by atoms with van der Waals surface area (Å²) in [6.45, 7) is 3.14. The highest BCUT2D eigenvalue weighted by molar-refractivity contribution is 5.90. The van der Waals surface area contributed by atoms with Crippen LogP contribution < -0.4 is 5.48 Å². The number of amides is 1. The number of aliphatic carboxylic acids is 1. The molecule has 1 aliphatic heterocycles. The van der Waals surface area contributed by atoms with E-state index in [0.717, 1.165) is 0 Å². The first kappa shape index (κ1) is 20.9. The van der Waals surface area contributed by atoms with E-state index in [2.05, 4.69) is 12.1 Å². The molecule has 27 heavy (non-hydrogen) atoms. The number of nitrogens with one attached hydrogen (secondary N) is 1. The third kappa shape index (κ3) is 4.86. The molecular formula is C18H21F3N2O4. The number of rotatable bonds is 7. The maximum absolute atomic E-state index is 13.2. The van der Waals surface area contributed by atoms with Gasteiger partial charge in [-0.25, -0.2) is 4.79 Å². The number of nitrogens with zero attached hydrogens (tertiary/aromatic N) is 1. The van der Waals surface area contributed by atoms with Gasteiger partial charge in [-0.2, -0.15) is 18.7 Å². The lowest BCUT2D eigenvalue weighted by Gasteiger charge is -2.46. The number of likely N-dealkylation sites (tertiary alicyclic amines) is 1. The van der Waals surface area contributed by atoms with Crippen molar-refractivity contribution in [3.63, 3.8) is 0 Å². The zero-order chi connectivity index (χ0) is 20.1. The van der Waals surface area contributed by atoms with E-state index in [1.54, 1.807) is 30.3 Å². The molecule has 1 amide bonds. The molecule has 1 fully saturated rings. The molecule has 0 spiro atoms. The second kappa shape index (κ2) is 8.53. The van der Waals surface area contributed by atoms with Crippen LogP contribution in [0.3, 0.4) is 0 Å². The van der Waals surface area contributed by atoms with Gasteiger partial charge >= 0.3 is 18.1 Å². The standard InChI is InChI=1S/C18H21F3N2O4/c1-2-10-27-22-14-8-9-17(16(25)26,11-13-6-4-3-5-7-13)23(12-14)15(24)18(19,20)21/h2-7,14,22H,1,8-12H2,(H,25,26). The lowest BCUT2D eigenvalue weighted by molar-refractivity contribution is -0.199. The lowest BCUT2D eigenvalue weighted by atomic mass is 9.79. The number of hydrogen-bond acceptors (Lipinski definition) is 4. The summed E-state index contributed by atoms with van der Waals surface area (Å²) in [5.41, 5.74) is 1.13. The first-order valence-corrected chi connectivity index (χ1v) is 8.35. The Bertz CT molecular complexity index is 681. The van der Waals surface area contributed by atoms with Crippen molar-refractivity contribution >= 4 is 11.9 Å². The maximum Gasteiger partial charge on any atom is 0.471 e. The van der Waals surface area contributed by atoms with Crippen molar-refractivity contribution < 1.29 is 32.7 Å². The van der Waals surface area contributed by atoms with Crippen molar-refractivity contribution in [3.05, 3.63) is 48.6 Å². The maximum atomic E-state index is 13.2.